The number of amides is 1. The average molecular weight is 387 g/mol. The predicted molar refractivity (Wildman–Crippen MR) is 115 cm³/mol. The highest BCUT2D eigenvalue weighted by Crippen LogP contribution is 2.19. The molecule has 1 amide bonds. The molecule has 6 heteroatoms. The maximum absolute atomic E-state index is 12.7. The Hall–Kier alpha value is -3.41. The molecule has 0 saturated carbocycles. The fourth-order valence-electron chi connectivity index (χ4n) is 3.54. The van der Waals surface area contributed by atoms with E-state index in [2.05, 4.69) is 25.1 Å². The normalized spacial score (nSPS) is 15.1. The molecule has 0 radical (unpaired) electrons. The predicted octanol–water partition coefficient (Wildman–Crippen LogP) is 3.29. The molecule has 3 aromatic rings. The van der Waals surface area contributed by atoms with E-state index in [1.807, 2.05) is 67.7 Å². The third-order valence-corrected chi connectivity index (χ3v) is 5.23. The van der Waals surface area contributed by atoms with Crippen molar-refractivity contribution >= 4 is 17.5 Å². The molecule has 3 heterocycles. The number of piperazine rings is 1. The van der Waals surface area contributed by atoms with Crippen molar-refractivity contribution < 1.29 is 4.79 Å². The number of benzene rings is 1. The van der Waals surface area contributed by atoms with Crippen molar-refractivity contribution in [3.05, 3.63) is 84.2 Å². The minimum atomic E-state index is -0.0860. The molecule has 0 spiro atoms. The Morgan fingerprint density at radius 2 is 1.52 bits per heavy atom. The average Bonchev–Trinajstić information content (AvgIpc) is 2.80. The van der Waals surface area contributed by atoms with Gasteiger partial charge in [0.2, 0.25) is 0 Å². The molecular weight excluding hydrogens is 362 g/mol. The number of pyridine rings is 2. The van der Waals surface area contributed by atoms with Gasteiger partial charge in [0.1, 0.15) is 11.6 Å². The third kappa shape index (κ3) is 4.54. The van der Waals surface area contributed by atoms with Crippen LogP contribution in [0.1, 0.15) is 28.9 Å². The van der Waals surface area contributed by atoms with E-state index in [0.29, 0.717) is 5.56 Å². The second-order valence-corrected chi connectivity index (χ2v) is 7.17. The first-order chi connectivity index (χ1) is 14.2. The van der Waals surface area contributed by atoms with Crippen LogP contribution < -0.4 is 15.1 Å². The highest BCUT2D eigenvalue weighted by molar-refractivity contribution is 5.95. The van der Waals surface area contributed by atoms with E-state index in [-0.39, 0.29) is 11.9 Å². The zero-order chi connectivity index (χ0) is 20.1. The van der Waals surface area contributed by atoms with Gasteiger partial charge in [-0.15, -0.1) is 0 Å². The number of aromatic nitrogens is 2. The molecule has 2 aromatic heterocycles. The molecular formula is C23H25N5O. The van der Waals surface area contributed by atoms with Gasteiger partial charge in [0.15, 0.2) is 0 Å². The zero-order valence-electron chi connectivity index (χ0n) is 16.5. The summed E-state index contributed by atoms with van der Waals surface area (Å²) in [6, 6.07) is 19.5. The monoisotopic (exact) mass is 387 g/mol. The standard InChI is InChI=1S/C23H25N5O/c1-18(19-7-3-2-4-8-19)26-23(29)20-10-12-25-22(17-20)28-15-13-27(14-16-28)21-9-5-6-11-24-21/h2-12,17-18H,13-16H2,1H3,(H,26,29). The van der Waals surface area contributed by atoms with Gasteiger partial charge in [-0.1, -0.05) is 36.4 Å². The molecule has 1 aliphatic heterocycles. The Bertz CT molecular complexity index is 940. The van der Waals surface area contributed by atoms with Gasteiger partial charge in [-0.3, -0.25) is 4.79 Å². The molecule has 1 N–H and O–H groups in total. The molecule has 1 fully saturated rings. The van der Waals surface area contributed by atoms with E-state index in [9.17, 15) is 4.79 Å². The van der Waals surface area contributed by atoms with Gasteiger partial charge in [-0.25, -0.2) is 9.97 Å². The van der Waals surface area contributed by atoms with Crippen LogP contribution in [-0.2, 0) is 0 Å². The molecule has 29 heavy (non-hydrogen) atoms. The highest BCUT2D eigenvalue weighted by Gasteiger charge is 2.20. The van der Waals surface area contributed by atoms with E-state index >= 15 is 0 Å². The first-order valence-electron chi connectivity index (χ1n) is 9.93. The number of rotatable bonds is 5. The van der Waals surface area contributed by atoms with Gasteiger partial charge < -0.3 is 15.1 Å². The van der Waals surface area contributed by atoms with Crippen LogP contribution in [0, 0.1) is 0 Å². The summed E-state index contributed by atoms with van der Waals surface area (Å²) >= 11 is 0. The van der Waals surface area contributed by atoms with E-state index < -0.39 is 0 Å². The van der Waals surface area contributed by atoms with E-state index in [1.54, 1.807) is 12.3 Å². The molecule has 148 valence electrons. The number of nitrogens with one attached hydrogen (secondary N) is 1. The van der Waals surface area contributed by atoms with Crippen molar-refractivity contribution in [3.63, 3.8) is 0 Å². The molecule has 0 bridgehead atoms. The Labute approximate surface area is 171 Å². The molecule has 4 rings (SSSR count). The fraction of sp³-hybridized carbons (Fsp3) is 0.261. The first kappa shape index (κ1) is 18.9. The molecule has 1 aliphatic rings. The van der Waals surface area contributed by atoms with Gasteiger partial charge in [0.05, 0.1) is 6.04 Å². The lowest BCUT2D eigenvalue weighted by Gasteiger charge is -2.36. The number of anilines is 2. The van der Waals surface area contributed by atoms with E-state index in [0.717, 1.165) is 43.4 Å². The zero-order valence-corrected chi connectivity index (χ0v) is 16.5. The van der Waals surface area contributed by atoms with Crippen LogP contribution in [-0.4, -0.2) is 42.1 Å². The molecule has 0 aliphatic carbocycles. The number of hydrogen-bond donors (Lipinski definition) is 1. The maximum Gasteiger partial charge on any atom is 0.251 e. The Morgan fingerprint density at radius 3 is 2.21 bits per heavy atom. The topological polar surface area (TPSA) is 61.4 Å². The van der Waals surface area contributed by atoms with Crippen LogP contribution in [0.2, 0.25) is 0 Å². The van der Waals surface area contributed by atoms with Crippen LogP contribution in [0.15, 0.2) is 73.1 Å². The Kier molecular flexibility index (Phi) is 5.70. The second-order valence-electron chi connectivity index (χ2n) is 7.17. The van der Waals surface area contributed by atoms with Crippen molar-refractivity contribution in [1.29, 1.82) is 0 Å². The summed E-state index contributed by atoms with van der Waals surface area (Å²) < 4.78 is 0. The van der Waals surface area contributed by atoms with Gasteiger partial charge in [0.25, 0.3) is 5.91 Å². The molecule has 1 aromatic carbocycles. The summed E-state index contributed by atoms with van der Waals surface area (Å²) in [5.41, 5.74) is 1.71. The van der Waals surface area contributed by atoms with Crippen LogP contribution >= 0.6 is 0 Å². The fourth-order valence-corrected chi connectivity index (χ4v) is 3.54. The van der Waals surface area contributed by atoms with Crippen LogP contribution in [0.25, 0.3) is 0 Å². The summed E-state index contributed by atoms with van der Waals surface area (Å²) in [4.78, 5) is 26.1. The number of carbonyl (C=O) groups is 1. The van der Waals surface area contributed by atoms with Gasteiger partial charge in [0, 0.05) is 44.1 Å². The smallest absolute Gasteiger partial charge is 0.251 e. The lowest BCUT2D eigenvalue weighted by molar-refractivity contribution is 0.0940. The second kappa shape index (κ2) is 8.73. The lowest BCUT2D eigenvalue weighted by Crippen LogP contribution is -2.47. The Balaban J connectivity index is 1.39. The quantitative estimate of drug-likeness (QED) is 0.728. The van der Waals surface area contributed by atoms with Crippen LogP contribution in [0.5, 0.6) is 0 Å². The summed E-state index contributed by atoms with van der Waals surface area (Å²) in [7, 11) is 0. The van der Waals surface area contributed by atoms with Gasteiger partial charge >= 0.3 is 0 Å². The van der Waals surface area contributed by atoms with Crippen molar-refractivity contribution in [1.82, 2.24) is 15.3 Å². The van der Waals surface area contributed by atoms with Crippen molar-refractivity contribution in [3.8, 4) is 0 Å². The Morgan fingerprint density at radius 1 is 0.862 bits per heavy atom. The maximum atomic E-state index is 12.7. The minimum Gasteiger partial charge on any atom is -0.353 e. The largest absolute Gasteiger partial charge is 0.353 e. The summed E-state index contributed by atoms with van der Waals surface area (Å²) in [5.74, 6) is 1.76. The molecule has 1 saturated heterocycles. The summed E-state index contributed by atoms with van der Waals surface area (Å²) in [6.07, 6.45) is 3.53. The van der Waals surface area contributed by atoms with Crippen LogP contribution in [0.3, 0.4) is 0 Å². The van der Waals surface area contributed by atoms with Crippen molar-refractivity contribution in [2.75, 3.05) is 36.0 Å². The van der Waals surface area contributed by atoms with Crippen molar-refractivity contribution in [2.24, 2.45) is 0 Å². The van der Waals surface area contributed by atoms with Crippen molar-refractivity contribution in [2.45, 2.75) is 13.0 Å². The van der Waals surface area contributed by atoms with Gasteiger partial charge in [-0.05, 0) is 36.8 Å². The SMILES string of the molecule is CC(NC(=O)c1ccnc(N2CCN(c3ccccn3)CC2)c1)c1ccccc1. The summed E-state index contributed by atoms with van der Waals surface area (Å²) in [5, 5.41) is 3.07. The highest BCUT2D eigenvalue weighted by atomic mass is 16.1. The van der Waals surface area contributed by atoms with Gasteiger partial charge in [-0.2, -0.15) is 0 Å². The first-order valence-corrected chi connectivity index (χ1v) is 9.93. The molecule has 1 atom stereocenters. The number of carbonyl (C=O) groups excluding carboxylic acids is 1. The molecule has 6 nitrogen and oxygen atoms in total. The molecule has 1 unspecified atom stereocenters. The van der Waals surface area contributed by atoms with Crippen LogP contribution in [0.4, 0.5) is 11.6 Å². The van der Waals surface area contributed by atoms with E-state index in [1.165, 1.54) is 0 Å². The summed E-state index contributed by atoms with van der Waals surface area (Å²) in [6.45, 7) is 5.43. The minimum absolute atomic E-state index is 0.0535. The number of hydrogen-bond acceptors (Lipinski definition) is 5. The third-order valence-electron chi connectivity index (χ3n) is 5.23. The van der Waals surface area contributed by atoms with E-state index in [4.69, 9.17) is 0 Å². The lowest BCUT2D eigenvalue weighted by atomic mass is 10.1. The number of nitrogens with zero attached hydrogens (tertiary/aromatic N) is 4.